The van der Waals surface area contributed by atoms with Crippen molar-refractivity contribution in [1.82, 2.24) is 9.62 Å². The number of rotatable bonds is 5. The highest BCUT2D eigenvalue weighted by Crippen LogP contribution is 2.44. The number of piperidine rings is 1. The van der Waals surface area contributed by atoms with Gasteiger partial charge >= 0.3 is 5.97 Å². The molecular weight excluding hydrogens is 320 g/mol. The molecule has 124 valence electrons. The average molecular weight is 338 g/mol. The number of hydrogen-bond acceptors (Lipinski definition) is 4. The van der Waals surface area contributed by atoms with E-state index in [-0.39, 0.29) is 22.9 Å². The van der Waals surface area contributed by atoms with Gasteiger partial charge in [0.25, 0.3) is 0 Å². The summed E-state index contributed by atoms with van der Waals surface area (Å²) < 4.78 is 26.6. The molecule has 0 bridgehead atoms. The van der Waals surface area contributed by atoms with E-state index in [0.717, 1.165) is 18.9 Å². The lowest BCUT2D eigenvalue weighted by molar-refractivity contribution is -0.130. The van der Waals surface area contributed by atoms with E-state index in [1.807, 2.05) is 0 Å². The summed E-state index contributed by atoms with van der Waals surface area (Å²) in [6, 6.07) is 4.87. The number of likely N-dealkylation sites (tertiary alicyclic amines) is 1. The predicted octanol–water partition coefficient (Wildman–Crippen LogP) is 0.531. The Labute approximate surface area is 134 Å². The number of carbonyl (C=O) groups is 2. The van der Waals surface area contributed by atoms with Crippen molar-refractivity contribution in [3.8, 4) is 0 Å². The van der Waals surface area contributed by atoms with Crippen LogP contribution in [0.3, 0.4) is 0 Å². The van der Waals surface area contributed by atoms with Crippen LogP contribution in [0.2, 0.25) is 0 Å². The molecule has 0 spiro atoms. The van der Waals surface area contributed by atoms with Crippen LogP contribution in [0.1, 0.15) is 23.2 Å². The smallest absolute Gasteiger partial charge is 0.335 e. The van der Waals surface area contributed by atoms with E-state index >= 15 is 0 Å². The third kappa shape index (κ3) is 3.53. The maximum atomic E-state index is 12.1. The van der Waals surface area contributed by atoms with Gasteiger partial charge in [0.2, 0.25) is 15.9 Å². The molecule has 0 radical (unpaired) electrons. The lowest BCUT2D eigenvalue weighted by Crippen LogP contribution is -2.43. The second kappa shape index (κ2) is 5.93. The zero-order valence-electron chi connectivity index (χ0n) is 12.4. The Balaban J connectivity index is 1.59. The number of carboxylic acids is 1. The number of aromatic carboxylic acids is 1. The summed E-state index contributed by atoms with van der Waals surface area (Å²) in [5.74, 6) is -0.00185. The summed E-state index contributed by atoms with van der Waals surface area (Å²) in [7, 11) is -3.83. The largest absolute Gasteiger partial charge is 0.478 e. The van der Waals surface area contributed by atoms with Crippen molar-refractivity contribution in [2.75, 3.05) is 19.6 Å². The number of fused-ring (bicyclic) bond motifs is 1. The molecule has 0 aromatic heterocycles. The van der Waals surface area contributed by atoms with Crippen LogP contribution in [0.25, 0.3) is 0 Å². The first-order valence-corrected chi connectivity index (χ1v) is 8.96. The van der Waals surface area contributed by atoms with Gasteiger partial charge in [-0.25, -0.2) is 17.9 Å². The monoisotopic (exact) mass is 338 g/mol. The van der Waals surface area contributed by atoms with E-state index in [1.165, 1.54) is 30.7 Å². The topological polar surface area (TPSA) is 104 Å². The standard InChI is InChI=1S/C15H18N2O5S/c18-14(17-6-5-11-7-12(11)9-17)8-16-23(21,22)13-3-1-10(2-4-13)15(19)20/h1-4,11-12,16H,5-9H2,(H,19,20). The predicted molar refractivity (Wildman–Crippen MR) is 81.4 cm³/mol. The van der Waals surface area contributed by atoms with Gasteiger partial charge in [0.1, 0.15) is 0 Å². The molecule has 2 fully saturated rings. The molecule has 3 rings (SSSR count). The van der Waals surface area contributed by atoms with Gasteiger partial charge in [0.05, 0.1) is 17.0 Å². The van der Waals surface area contributed by atoms with E-state index in [9.17, 15) is 18.0 Å². The molecule has 8 heteroatoms. The van der Waals surface area contributed by atoms with Crippen LogP contribution in [0.15, 0.2) is 29.2 Å². The summed E-state index contributed by atoms with van der Waals surface area (Å²) in [5.41, 5.74) is 0.00679. The van der Waals surface area contributed by atoms with Crippen LogP contribution >= 0.6 is 0 Å². The number of benzene rings is 1. The molecule has 1 amide bonds. The van der Waals surface area contributed by atoms with E-state index in [1.54, 1.807) is 4.90 Å². The maximum Gasteiger partial charge on any atom is 0.335 e. The molecule has 1 aliphatic heterocycles. The van der Waals surface area contributed by atoms with Crippen LogP contribution in [-0.2, 0) is 14.8 Å². The van der Waals surface area contributed by atoms with Crippen molar-refractivity contribution < 1.29 is 23.1 Å². The Hall–Kier alpha value is -1.93. The van der Waals surface area contributed by atoms with Crippen molar-refractivity contribution in [3.05, 3.63) is 29.8 Å². The second-order valence-electron chi connectivity index (χ2n) is 6.04. The first-order chi connectivity index (χ1) is 10.9. The van der Waals surface area contributed by atoms with E-state index < -0.39 is 16.0 Å². The minimum Gasteiger partial charge on any atom is -0.478 e. The number of hydrogen-bond donors (Lipinski definition) is 2. The van der Waals surface area contributed by atoms with Gasteiger partial charge in [0, 0.05) is 13.1 Å². The van der Waals surface area contributed by atoms with E-state index in [4.69, 9.17) is 5.11 Å². The van der Waals surface area contributed by atoms with Gasteiger partial charge in [-0.1, -0.05) is 0 Å². The molecule has 1 aliphatic carbocycles. The number of sulfonamides is 1. The van der Waals surface area contributed by atoms with Gasteiger partial charge in [-0.3, -0.25) is 4.79 Å². The Bertz CT molecular complexity index is 729. The Morgan fingerprint density at radius 1 is 1.22 bits per heavy atom. The fourth-order valence-electron chi connectivity index (χ4n) is 2.94. The quantitative estimate of drug-likeness (QED) is 0.815. The lowest BCUT2D eigenvalue weighted by Gasteiger charge is -2.26. The van der Waals surface area contributed by atoms with Crippen molar-refractivity contribution in [1.29, 1.82) is 0 Å². The van der Waals surface area contributed by atoms with Crippen LogP contribution in [-0.4, -0.2) is 49.9 Å². The van der Waals surface area contributed by atoms with Gasteiger partial charge in [-0.2, -0.15) is 0 Å². The summed E-state index contributed by atoms with van der Waals surface area (Å²) in [5, 5.41) is 8.81. The molecule has 2 N–H and O–H groups in total. The molecule has 2 unspecified atom stereocenters. The maximum absolute atomic E-state index is 12.1. The Kier molecular flexibility index (Phi) is 4.11. The average Bonchev–Trinajstić information content (AvgIpc) is 3.31. The Morgan fingerprint density at radius 2 is 1.91 bits per heavy atom. The summed E-state index contributed by atoms with van der Waals surface area (Å²) in [6.07, 6.45) is 2.17. The number of carbonyl (C=O) groups excluding carboxylic acids is 1. The molecule has 23 heavy (non-hydrogen) atoms. The molecule has 1 saturated carbocycles. The van der Waals surface area contributed by atoms with Crippen LogP contribution in [0.4, 0.5) is 0 Å². The van der Waals surface area contributed by atoms with Gasteiger partial charge in [-0.05, 0) is 48.9 Å². The third-order valence-corrected chi connectivity index (χ3v) is 5.89. The first kappa shape index (κ1) is 15.9. The fourth-order valence-corrected chi connectivity index (χ4v) is 3.91. The molecule has 7 nitrogen and oxygen atoms in total. The molecule has 1 saturated heterocycles. The molecular formula is C15H18N2O5S. The normalized spacial score (nSPS) is 23.2. The number of nitrogens with one attached hydrogen (secondary N) is 1. The SMILES string of the molecule is O=C(O)c1ccc(S(=O)(=O)NCC(=O)N2CCC3CC3C2)cc1. The molecule has 1 aromatic carbocycles. The van der Waals surface area contributed by atoms with Crippen LogP contribution in [0.5, 0.6) is 0 Å². The number of amides is 1. The zero-order chi connectivity index (χ0) is 16.6. The fraction of sp³-hybridized carbons (Fsp3) is 0.467. The van der Waals surface area contributed by atoms with Crippen LogP contribution in [0, 0.1) is 11.8 Å². The van der Waals surface area contributed by atoms with E-state index in [0.29, 0.717) is 12.5 Å². The zero-order valence-corrected chi connectivity index (χ0v) is 13.3. The van der Waals surface area contributed by atoms with E-state index in [2.05, 4.69) is 4.72 Å². The number of carboxylic acid groups (broad SMARTS) is 1. The molecule has 2 aliphatic rings. The minimum absolute atomic E-state index is 0.00679. The molecule has 2 atom stereocenters. The first-order valence-electron chi connectivity index (χ1n) is 7.47. The van der Waals surface area contributed by atoms with Crippen LogP contribution < -0.4 is 4.72 Å². The summed E-state index contributed by atoms with van der Waals surface area (Å²) in [4.78, 5) is 24.5. The molecule has 1 heterocycles. The Morgan fingerprint density at radius 3 is 2.52 bits per heavy atom. The van der Waals surface area contributed by atoms with Crippen molar-refractivity contribution in [3.63, 3.8) is 0 Å². The third-order valence-electron chi connectivity index (χ3n) is 4.47. The second-order valence-corrected chi connectivity index (χ2v) is 7.81. The number of nitrogens with zero attached hydrogens (tertiary/aromatic N) is 1. The summed E-state index contributed by atoms with van der Waals surface area (Å²) in [6.45, 7) is 1.13. The highest BCUT2D eigenvalue weighted by molar-refractivity contribution is 7.89. The van der Waals surface area contributed by atoms with Gasteiger partial charge in [0.15, 0.2) is 0 Å². The highest BCUT2D eigenvalue weighted by Gasteiger charge is 2.42. The minimum atomic E-state index is -3.83. The van der Waals surface area contributed by atoms with Crippen molar-refractivity contribution >= 4 is 21.9 Å². The van der Waals surface area contributed by atoms with Gasteiger partial charge in [-0.15, -0.1) is 0 Å². The van der Waals surface area contributed by atoms with Crippen molar-refractivity contribution in [2.45, 2.75) is 17.7 Å². The molecule has 1 aromatic rings. The lowest BCUT2D eigenvalue weighted by atomic mass is 10.1. The summed E-state index contributed by atoms with van der Waals surface area (Å²) >= 11 is 0. The van der Waals surface area contributed by atoms with Gasteiger partial charge < -0.3 is 10.0 Å². The highest BCUT2D eigenvalue weighted by atomic mass is 32.2. The van der Waals surface area contributed by atoms with Crippen molar-refractivity contribution in [2.24, 2.45) is 11.8 Å².